The molecule has 0 unspecified atom stereocenters. The van der Waals surface area contributed by atoms with Crippen LogP contribution in [-0.4, -0.2) is 42.4 Å². The van der Waals surface area contributed by atoms with Crippen LogP contribution in [0.25, 0.3) is 10.1 Å². The molecule has 0 aliphatic heterocycles. The molecule has 1 amide bonds. The van der Waals surface area contributed by atoms with Crippen LogP contribution in [0, 0.1) is 16.0 Å². The molecule has 1 heterocycles. The van der Waals surface area contributed by atoms with E-state index < -0.39 is 4.92 Å². The molecule has 0 aliphatic rings. The van der Waals surface area contributed by atoms with Crippen LogP contribution in [0.3, 0.4) is 0 Å². The number of nitrogens with one attached hydrogen (secondary N) is 1. The second-order valence-corrected chi connectivity index (χ2v) is 7.16. The van der Waals surface area contributed by atoms with Gasteiger partial charge in [-0.15, -0.1) is 11.3 Å². The zero-order valence-corrected chi connectivity index (χ0v) is 14.5. The lowest BCUT2D eigenvalue weighted by molar-refractivity contribution is -0.384. The molecule has 0 bridgehead atoms. The van der Waals surface area contributed by atoms with Crippen LogP contribution < -0.4 is 5.32 Å². The highest BCUT2D eigenvalue weighted by molar-refractivity contribution is 7.20. The first-order valence-electron chi connectivity index (χ1n) is 7.42. The van der Waals surface area contributed by atoms with Gasteiger partial charge in [-0.05, 0) is 32.1 Å². The number of rotatable bonds is 6. The Morgan fingerprint density at radius 2 is 2.04 bits per heavy atom. The first kappa shape index (κ1) is 17.4. The molecular formula is C16H21N3O3S. The van der Waals surface area contributed by atoms with Crippen molar-refractivity contribution in [1.82, 2.24) is 10.2 Å². The van der Waals surface area contributed by atoms with Crippen LogP contribution in [0.15, 0.2) is 24.3 Å². The third-order valence-corrected chi connectivity index (χ3v) is 4.95. The van der Waals surface area contributed by atoms with Crippen molar-refractivity contribution in [3.8, 4) is 0 Å². The first-order chi connectivity index (χ1) is 10.8. The molecule has 0 saturated heterocycles. The Labute approximate surface area is 139 Å². The van der Waals surface area contributed by atoms with Gasteiger partial charge in [-0.2, -0.15) is 0 Å². The standard InChI is InChI=1S/C16H21N3O3S/c1-10(2)13(18(3)4)9-17-16(20)15-8-11-7-12(19(21)22)5-6-14(11)23-15/h5-8,10,13H,9H2,1-4H3,(H,17,20)/t13-/m1/s1. The Morgan fingerprint density at radius 3 is 2.61 bits per heavy atom. The minimum Gasteiger partial charge on any atom is -0.350 e. The number of thiophene rings is 1. The number of nitrogens with zero attached hydrogens (tertiary/aromatic N) is 2. The van der Waals surface area contributed by atoms with Gasteiger partial charge in [0.1, 0.15) is 0 Å². The highest BCUT2D eigenvalue weighted by atomic mass is 32.1. The van der Waals surface area contributed by atoms with Crippen LogP contribution in [0.2, 0.25) is 0 Å². The summed E-state index contributed by atoms with van der Waals surface area (Å²) in [6, 6.07) is 6.61. The van der Waals surface area contributed by atoms with Crippen molar-refractivity contribution in [1.29, 1.82) is 0 Å². The van der Waals surface area contributed by atoms with Gasteiger partial charge in [-0.3, -0.25) is 14.9 Å². The molecule has 124 valence electrons. The summed E-state index contributed by atoms with van der Waals surface area (Å²) in [7, 11) is 3.99. The van der Waals surface area contributed by atoms with E-state index in [-0.39, 0.29) is 17.6 Å². The number of nitro groups is 1. The largest absolute Gasteiger partial charge is 0.350 e. The topological polar surface area (TPSA) is 75.5 Å². The van der Waals surface area contributed by atoms with Gasteiger partial charge in [-0.25, -0.2) is 0 Å². The van der Waals surface area contributed by atoms with Crippen molar-refractivity contribution in [2.75, 3.05) is 20.6 Å². The Hall–Kier alpha value is -1.99. The number of benzene rings is 1. The monoisotopic (exact) mass is 335 g/mol. The molecule has 1 aromatic carbocycles. The molecule has 0 spiro atoms. The molecule has 0 aliphatic carbocycles. The number of carbonyl (C=O) groups is 1. The van der Waals surface area contributed by atoms with Crippen LogP contribution in [0.1, 0.15) is 23.5 Å². The Kier molecular flexibility index (Phi) is 5.33. The molecule has 1 N–H and O–H groups in total. The molecule has 0 radical (unpaired) electrons. The molecule has 2 rings (SSSR count). The Morgan fingerprint density at radius 1 is 1.35 bits per heavy atom. The van der Waals surface area contributed by atoms with Crippen molar-refractivity contribution >= 4 is 33.0 Å². The number of hydrogen-bond acceptors (Lipinski definition) is 5. The average molecular weight is 335 g/mol. The van der Waals surface area contributed by atoms with Gasteiger partial charge in [-0.1, -0.05) is 13.8 Å². The van der Waals surface area contributed by atoms with Crippen LogP contribution >= 0.6 is 11.3 Å². The molecule has 2 aromatic rings. The summed E-state index contributed by atoms with van der Waals surface area (Å²) >= 11 is 1.35. The maximum Gasteiger partial charge on any atom is 0.270 e. The van der Waals surface area contributed by atoms with E-state index >= 15 is 0 Å². The van der Waals surface area contributed by atoms with E-state index in [0.717, 1.165) is 10.1 Å². The van der Waals surface area contributed by atoms with E-state index in [4.69, 9.17) is 0 Å². The zero-order valence-electron chi connectivity index (χ0n) is 13.7. The van der Waals surface area contributed by atoms with Crippen molar-refractivity contribution in [2.45, 2.75) is 19.9 Å². The Bertz CT molecular complexity index is 716. The van der Waals surface area contributed by atoms with Crippen LogP contribution in [-0.2, 0) is 0 Å². The number of likely N-dealkylation sites (N-methyl/N-ethyl adjacent to an activating group) is 1. The SMILES string of the molecule is CC(C)[C@@H](CNC(=O)c1cc2cc([N+](=O)[O-])ccc2s1)N(C)C. The summed E-state index contributed by atoms with van der Waals surface area (Å²) in [5.41, 5.74) is 0.0368. The van der Waals surface area contributed by atoms with Crippen molar-refractivity contribution < 1.29 is 9.72 Å². The van der Waals surface area contributed by atoms with Gasteiger partial charge in [0.15, 0.2) is 0 Å². The molecule has 0 fully saturated rings. The summed E-state index contributed by atoms with van der Waals surface area (Å²) < 4.78 is 0.869. The molecule has 1 atom stereocenters. The van der Waals surface area contributed by atoms with E-state index in [0.29, 0.717) is 17.3 Å². The summed E-state index contributed by atoms with van der Waals surface area (Å²) in [6.07, 6.45) is 0. The number of hydrogen-bond donors (Lipinski definition) is 1. The fourth-order valence-corrected chi connectivity index (χ4v) is 3.51. The summed E-state index contributed by atoms with van der Waals surface area (Å²) in [4.78, 5) is 25.4. The van der Waals surface area contributed by atoms with Crippen LogP contribution in [0.5, 0.6) is 0 Å². The highest BCUT2D eigenvalue weighted by Crippen LogP contribution is 2.28. The second-order valence-electron chi connectivity index (χ2n) is 6.07. The lowest BCUT2D eigenvalue weighted by atomic mass is 10.0. The number of non-ortho nitro benzene ring substituents is 1. The minimum absolute atomic E-state index is 0.0368. The number of amides is 1. The van der Waals surface area contributed by atoms with Gasteiger partial charge in [0.25, 0.3) is 11.6 Å². The second kappa shape index (κ2) is 7.06. The third kappa shape index (κ3) is 4.05. The maximum absolute atomic E-state index is 12.3. The zero-order chi connectivity index (χ0) is 17.1. The fraction of sp³-hybridized carbons (Fsp3) is 0.438. The fourth-order valence-electron chi connectivity index (χ4n) is 2.56. The minimum atomic E-state index is -0.429. The number of carbonyl (C=O) groups excluding carboxylic acids is 1. The lowest BCUT2D eigenvalue weighted by Crippen LogP contribution is -2.43. The van der Waals surface area contributed by atoms with E-state index in [1.165, 1.54) is 23.5 Å². The predicted octanol–water partition coefficient (Wildman–Crippen LogP) is 3.13. The summed E-state index contributed by atoms with van der Waals surface area (Å²) in [6.45, 7) is 4.81. The molecular weight excluding hydrogens is 314 g/mol. The predicted molar refractivity (Wildman–Crippen MR) is 93.1 cm³/mol. The average Bonchev–Trinajstić information content (AvgIpc) is 2.89. The highest BCUT2D eigenvalue weighted by Gasteiger charge is 2.18. The van der Waals surface area contributed by atoms with Gasteiger partial charge in [0.2, 0.25) is 0 Å². The van der Waals surface area contributed by atoms with E-state index in [1.807, 2.05) is 14.1 Å². The van der Waals surface area contributed by atoms with Gasteiger partial charge in [0, 0.05) is 34.8 Å². The van der Waals surface area contributed by atoms with Crippen LogP contribution in [0.4, 0.5) is 5.69 Å². The molecule has 23 heavy (non-hydrogen) atoms. The number of nitro benzene ring substituents is 1. The van der Waals surface area contributed by atoms with Gasteiger partial charge >= 0.3 is 0 Å². The summed E-state index contributed by atoms with van der Waals surface area (Å²) in [5.74, 6) is 0.289. The molecule has 1 aromatic heterocycles. The van der Waals surface area contributed by atoms with Gasteiger partial charge in [0.05, 0.1) is 9.80 Å². The maximum atomic E-state index is 12.3. The first-order valence-corrected chi connectivity index (χ1v) is 8.24. The van der Waals surface area contributed by atoms with Crippen molar-refractivity contribution in [3.63, 3.8) is 0 Å². The Balaban J connectivity index is 2.13. The summed E-state index contributed by atoms with van der Waals surface area (Å²) in [5, 5.41) is 14.5. The lowest BCUT2D eigenvalue weighted by Gasteiger charge is -2.27. The quantitative estimate of drug-likeness (QED) is 0.650. The van der Waals surface area contributed by atoms with E-state index in [1.54, 1.807) is 12.1 Å². The van der Waals surface area contributed by atoms with Crippen molar-refractivity contribution in [3.05, 3.63) is 39.3 Å². The number of fused-ring (bicyclic) bond motifs is 1. The third-order valence-electron chi connectivity index (χ3n) is 3.84. The normalized spacial score (nSPS) is 12.8. The van der Waals surface area contributed by atoms with E-state index in [2.05, 4.69) is 24.1 Å². The van der Waals surface area contributed by atoms with E-state index in [9.17, 15) is 14.9 Å². The van der Waals surface area contributed by atoms with Crippen molar-refractivity contribution in [2.24, 2.45) is 5.92 Å². The molecule has 7 heteroatoms. The van der Waals surface area contributed by atoms with Gasteiger partial charge < -0.3 is 10.2 Å². The molecule has 6 nitrogen and oxygen atoms in total. The molecule has 0 saturated carbocycles. The smallest absolute Gasteiger partial charge is 0.270 e.